The zero-order valence-corrected chi connectivity index (χ0v) is 8.74. The maximum absolute atomic E-state index is 12.4. The number of aromatic nitrogens is 3. The van der Waals surface area contributed by atoms with Crippen LogP contribution in [0.4, 0.5) is 13.2 Å². The number of halogens is 4. The molecule has 2 rings (SSSR count). The van der Waals surface area contributed by atoms with E-state index in [1.807, 2.05) is 0 Å². The van der Waals surface area contributed by atoms with Crippen molar-refractivity contribution in [3.63, 3.8) is 0 Å². The third-order valence-electron chi connectivity index (χ3n) is 1.64. The molecule has 0 aliphatic carbocycles. The number of fused-ring (bicyclic) bond motifs is 1. The summed E-state index contributed by atoms with van der Waals surface area (Å²) < 4.78 is 38.7. The Hall–Kier alpha value is -0.860. The van der Waals surface area contributed by atoms with Gasteiger partial charge in [-0.1, -0.05) is 0 Å². The van der Waals surface area contributed by atoms with Gasteiger partial charge in [0.1, 0.15) is 5.56 Å². The quantitative estimate of drug-likeness (QED) is 0.699. The standard InChI is InChI=1S/C7H3F3IN3/c8-7(9,10)4-2-1-3-14-5(4)12-6(11)13-14/h1-3H. The van der Waals surface area contributed by atoms with Crippen LogP contribution in [-0.2, 0) is 6.18 Å². The van der Waals surface area contributed by atoms with Crippen LogP contribution in [0.15, 0.2) is 18.3 Å². The van der Waals surface area contributed by atoms with Gasteiger partial charge in [-0.15, -0.1) is 5.10 Å². The zero-order chi connectivity index (χ0) is 10.3. The van der Waals surface area contributed by atoms with Crippen molar-refractivity contribution in [2.24, 2.45) is 0 Å². The predicted octanol–water partition coefficient (Wildman–Crippen LogP) is 2.35. The summed E-state index contributed by atoms with van der Waals surface area (Å²) in [6.45, 7) is 0. The lowest BCUT2D eigenvalue weighted by Gasteiger charge is -2.05. The third-order valence-corrected chi connectivity index (χ3v) is 2.10. The molecule has 0 atom stereocenters. The number of hydrogen-bond acceptors (Lipinski definition) is 2. The number of nitrogens with zero attached hydrogens (tertiary/aromatic N) is 3. The van der Waals surface area contributed by atoms with Gasteiger partial charge in [0.2, 0.25) is 3.83 Å². The minimum atomic E-state index is -4.39. The van der Waals surface area contributed by atoms with Crippen molar-refractivity contribution in [2.45, 2.75) is 6.18 Å². The van der Waals surface area contributed by atoms with Crippen molar-refractivity contribution in [1.82, 2.24) is 14.6 Å². The number of hydrogen-bond donors (Lipinski definition) is 0. The Morgan fingerprint density at radius 2 is 2.07 bits per heavy atom. The van der Waals surface area contributed by atoms with Gasteiger partial charge in [-0.2, -0.15) is 13.2 Å². The van der Waals surface area contributed by atoms with E-state index in [2.05, 4.69) is 10.1 Å². The summed E-state index contributed by atoms with van der Waals surface area (Å²) in [4.78, 5) is 3.70. The lowest BCUT2D eigenvalue weighted by atomic mass is 10.2. The molecular formula is C7H3F3IN3. The summed E-state index contributed by atoms with van der Waals surface area (Å²) in [7, 11) is 0. The smallest absolute Gasteiger partial charge is 0.219 e. The van der Waals surface area contributed by atoms with Crippen LogP contribution in [0.5, 0.6) is 0 Å². The Balaban J connectivity index is 2.77. The van der Waals surface area contributed by atoms with E-state index in [9.17, 15) is 13.2 Å². The molecule has 0 aliphatic rings. The summed E-state index contributed by atoms with van der Waals surface area (Å²) in [6, 6.07) is 2.28. The SMILES string of the molecule is FC(F)(F)c1cccn2nc(I)nc12. The molecule has 0 amide bonds. The van der Waals surface area contributed by atoms with Gasteiger partial charge in [-0.3, -0.25) is 0 Å². The molecule has 74 valence electrons. The van der Waals surface area contributed by atoms with Gasteiger partial charge in [0.25, 0.3) is 0 Å². The van der Waals surface area contributed by atoms with E-state index in [1.54, 1.807) is 22.6 Å². The van der Waals surface area contributed by atoms with Crippen molar-refractivity contribution in [3.05, 3.63) is 27.7 Å². The highest BCUT2D eigenvalue weighted by Crippen LogP contribution is 2.31. The first-order valence-corrected chi connectivity index (χ1v) is 4.64. The first-order chi connectivity index (χ1) is 6.48. The highest BCUT2D eigenvalue weighted by molar-refractivity contribution is 14.1. The van der Waals surface area contributed by atoms with Gasteiger partial charge < -0.3 is 0 Å². The molecule has 2 aromatic heterocycles. The van der Waals surface area contributed by atoms with Crippen molar-refractivity contribution < 1.29 is 13.2 Å². The van der Waals surface area contributed by atoms with Crippen LogP contribution in [0.3, 0.4) is 0 Å². The molecule has 0 bridgehead atoms. The van der Waals surface area contributed by atoms with Crippen LogP contribution in [0.25, 0.3) is 5.65 Å². The van der Waals surface area contributed by atoms with E-state index in [4.69, 9.17) is 0 Å². The largest absolute Gasteiger partial charge is 0.420 e. The Labute approximate surface area is 90.1 Å². The molecule has 3 nitrogen and oxygen atoms in total. The van der Waals surface area contributed by atoms with E-state index >= 15 is 0 Å². The first-order valence-electron chi connectivity index (χ1n) is 3.56. The van der Waals surface area contributed by atoms with E-state index in [-0.39, 0.29) is 5.65 Å². The Bertz CT molecular complexity index is 476. The molecule has 0 saturated carbocycles. The Morgan fingerprint density at radius 3 is 2.71 bits per heavy atom. The maximum atomic E-state index is 12.4. The highest BCUT2D eigenvalue weighted by Gasteiger charge is 2.34. The van der Waals surface area contributed by atoms with Crippen molar-refractivity contribution in [3.8, 4) is 0 Å². The van der Waals surface area contributed by atoms with E-state index < -0.39 is 11.7 Å². The lowest BCUT2D eigenvalue weighted by molar-refractivity contribution is -0.136. The summed E-state index contributed by atoms with van der Waals surface area (Å²) in [5, 5.41) is 3.78. The first kappa shape index (κ1) is 9.69. The monoisotopic (exact) mass is 313 g/mol. The fraction of sp³-hybridized carbons (Fsp3) is 0.143. The molecule has 0 fully saturated rings. The molecule has 0 spiro atoms. The third kappa shape index (κ3) is 1.56. The van der Waals surface area contributed by atoms with Gasteiger partial charge in [-0.05, 0) is 12.1 Å². The lowest BCUT2D eigenvalue weighted by Crippen LogP contribution is -2.07. The molecule has 0 unspecified atom stereocenters. The summed E-state index contributed by atoms with van der Waals surface area (Å²) in [6.07, 6.45) is -2.96. The second-order valence-corrected chi connectivity index (χ2v) is 3.53. The molecule has 14 heavy (non-hydrogen) atoms. The van der Waals surface area contributed by atoms with Crippen molar-refractivity contribution >= 4 is 28.2 Å². The second-order valence-electron chi connectivity index (χ2n) is 2.57. The van der Waals surface area contributed by atoms with E-state index in [0.29, 0.717) is 3.83 Å². The van der Waals surface area contributed by atoms with Gasteiger partial charge in [-0.25, -0.2) is 9.50 Å². The van der Waals surface area contributed by atoms with Crippen LogP contribution in [-0.4, -0.2) is 14.6 Å². The molecule has 2 aromatic rings. The average Bonchev–Trinajstić information content (AvgIpc) is 2.41. The molecule has 0 saturated heterocycles. The van der Waals surface area contributed by atoms with E-state index in [1.165, 1.54) is 12.3 Å². The topological polar surface area (TPSA) is 30.2 Å². The van der Waals surface area contributed by atoms with Crippen molar-refractivity contribution in [2.75, 3.05) is 0 Å². The zero-order valence-electron chi connectivity index (χ0n) is 6.59. The van der Waals surface area contributed by atoms with E-state index in [0.717, 1.165) is 10.6 Å². The highest BCUT2D eigenvalue weighted by atomic mass is 127. The molecule has 0 aromatic carbocycles. The average molecular weight is 313 g/mol. The van der Waals surface area contributed by atoms with Crippen LogP contribution < -0.4 is 0 Å². The predicted molar refractivity (Wildman–Crippen MR) is 50.7 cm³/mol. The number of alkyl halides is 3. The van der Waals surface area contributed by atoms with Crippen LogP contribution in [0, 0.1) is 3.83 Å². The summed E-state index contributed by atoms with van der Waals surface area (Å²) in [5.41, 5.74) is -0.931. The van der Waals surface area contributed by atoms with Gasteiger partial charge in [0, 0.05) is 28.8 Å². The molecule has 7 heteroatoms. The van der Waals surface area contributed by atoms with Gasteiger partial charge in [0.05, 0.1) is 0 Å². The maximum Gasteiger partial charge on any atom is 0.420 e. The number of rotatable bonds is 0. The van der Waals surface area contributed by atoms with Crippen LogP contribution in [0.2, 0.25) is 0 Å². The molecule has 0 radical (unpaired) electrons. The summed E-state index contributed by atoms with van der Waals surface area (Å²) >= 11 is 1.77. The summed E-state index contributed by atoms with van der Waals surface area (Å²) in [5.74, 6) is 0. The van der Waals surface area contributed by atoms with Crippen molar-refractivity contribution in [1.29, 1.82) is 0 Å². The minimum absolute atomic E-state index is 0.163. The normalized spacial score (nSPS) is 12.3. The molecule has 0 aliphatic heterocycles. The minimum Gasteiger partial charge on any atom is -0.219 e. The Kier molecular flexibility index (Phi) is 2.13. The fourth-order valence-corrected chi connectivity index (χ4v) is 1.56. The van der Waals surface area contributed by atoms with Crippen LogP contribution in [0.1, 0.15) is 5.56 Å². The Morgan fingerprint density at radius 1 is 1.36 bits per heavy atom. The molecular weight excluding hydrogens is 310 g/mol. The van der Waals surface area contributed by atoms with Crippen LogP contribution >= 0.6 is 22.6 Å². The second kappa shape index (κ2) is 3.07. The van der Waals surface area contributed by atoms with Gasteiger partial charge >= 0.3 is 6.18 Å². The fourth-order valence-electron chi connectivity index (χ4n) is 1.10. The number of pyridine rings is 1. The molecule has 0 N–H and O–H groups in total. The molecule has 2 heterocycles. The van der Waals surface area contributed by atoms with Gasteiger partial charge in [0.15, 0.2) is 5.65 Å².